The fourth-order valence-corrected chi connectivity index (χ4v) is 3.25. The minimum atomic E-state index is -3.61. The third-order valence-corrected chi connectivity index (χ3v) is 4.12. The fraction of sp³-hybridized carbons (Fsp3) is 0.545. The van der Waals surface area contributed by atoms with Crippen molar-refractivity contribution in [1.29, 1.82) is 0 Å². The lowest BCUT2D eigenvalue weighted by atomic mass is 10.0. The van der Waals surface area contributed by atoms with E-state index in [9.17, 15) is 8.42 Å². The summed E-state index contributed by atoms with van der Waals surface area (Å²) < 4.78 is 26.9. The molecule has 1 heterocycles. The molecule has 0 aliphatic rings. The molecule has 6 heteroatoms. The summed E-state index contributed by atoms with van der Waals surface area (Å²) in [5, 5.41) is 0. The molecule has 0 bridgehead atoms. The van der Waals surface area contributed by atoms with Gasteiger partial charge in [-0.25, -0.2) is 18.1 Å². The topological polar surface area (TPSA) is 85.1 Å². The molecule has 0 saturated carbocycles. The molecule has 96 valence electrons. The second kappa shape index (κ2) is 5.01. The first kappa shape index (κ1) is 13.9. The Hall–Kier alpha value is -1.14. The van der Waals surface area contributed by atoms with Crippen molar-refractivity contribution >= 4 is 15.8 Å². The Bertz CT molecular complexity index is 483. The van der Waals surface area contributed by atoms with Gasteiger partial charge in [0.1, 0.15) is 10.7 Å². The summed E-state index contributed by atoms with van der Waals surface area (Å²) in [7, 11) is -3.61. The van der Waals surface area contributed by atoms with Gasteiger partial charge in [0.25, 0.3) is 0 Å². The molecule has 0 saturated heterocycles. The summed E-state index contributed by atoms with van der Waals surface area (Å²) in [5.74, 6) is 0.0206. The fourth-order valence-electron chi connectivity index (χ4n) is 1.72. The van der Waals surface area contributed by atoms with E-state index in [0.29, 0.717) is 0 Å². The number of hydrogen-bond donors (Lipinski definition) is 2. The molecule has 0 aromatic carbocycles. The molecule has 0 radical (unpaired) electrons. The van der Waals surface area contributed by atoms with E-state index in [1.54, 1.807) is 6.07 Å². The minimum absolute atomic E-state index is 0.0206. The summed E-state index contributed by atoms with van der Waals surface area (Å²) in [6.07, 6.45) is 3.12. The minimum Gasteiger partial charge on any atom is -0.383 e. The van der Waals surface area contributed by atoms with Crippen molar-refractivity contribution in [2.75, 3.05) is 5.73 Å². The number of aromatic nitrogens is 1. The van der Waals surface area contributed by atoms with E-state index in [0.717, 1.165) is 12.8 Å². The van der Waals surface area contributed by atoms with Gasteiger partial charge in [0.2, 0.25) is 10.0 Å². The van der Waals surface area contributed by atoms with E-state index in [-0.39, 0.29) is 10.7 Å². The predicted molar refractivity (Wildman–Crippen MR) is 68.0 cm³/mol. The Morgan fingerprint density at radius 1 is 1.47 bits per heavy atom. The number of sulfonamides is 1. The van der Waals surface area contributed by atoms with Crippen LogP contribution >= 0.6 is 0 Å². The van der Waals surface area contributed by atoms with E-state index in [1.807, 2.05) is 20.8 Å². The monoisotopic (exact) mass is 257 g/mol. The van der Waals surface area contributed by atoms with Crippen molar-refractivity contribution in [2.24, 2.45) is 0 Å². The van der Waals surface area contributed by atoms with Crippen molar-refractivity contribution < 1.29 is 8.42 Å². The van der Waals surface area contributed by atoms with Crippen molar-refractivity contribution in [3.05, 3.63) is 18.3 Å². The zero-order chi connectivity index (χ0) is 13.1. The van der Waals surface area contributed by atoms with Gasteiger partial charge < -0.3 is 5.73 Å². The molecule has 5 nitrogen and oxygen atoms in total. The van der Waals surface area contributed by atoms with Crippen LogP contribution in [0.1, 0.15) is 33.6 Å². The van der Waals surface area contributed by atoms with Gasteiger partial charge in [-0.1, -0.05) is 13.3 Å². The molecule has 0 spiro atoms. The molecule has 0 amide bonds. The maximum absolute atomic E-state index is 12.1. The SMILES string of the molecule is CCCC(C)(C)NS(=O)(=O)c1cccnc1N. The van der Waals surface area contributed by atoms with Gasteiger partial charge in [-0.3, -0.25) is 0 Å². The average molecular weight is 257 g/mol. The predicted octanol–water partition coefficient (Wildman–Crippen LogP) is 1.52. The highest BCUT2D eigenvalue weighted by molar-refractivity contribution is 7.89. The zero-order valence-electron chi connectivity index (χ0n) is 10.4. The summed E-state index contributed by atoms with van der Waals surface area (Å²) in [6, 6.07) is 3.00. The van der Waals surface area contributed by atoms with E-state index < -0.39 is 15.6 Å². The average Bonchev–Trinajstić information content (AvgIpc) is 2.15. The summed E-state index contributed by atoms with van der Waals surface area (Å²) in [4.78, 5) is 3.81. The second-order valence-corrected chi connectivity index (χ2v) is 6.28. The Balaban J connectivity index is 3.02. The van der Waals surface area contributed by atoms with Crippen LogP contribution in [0.3, 0.4) is 0 Å². The summed E-state index contributed by atoms with van der Waals surface area (Å²) in [6.45, 7) is 5.70. The van der Waals surface area contributed by atoms with Crippen LogP contribution in [-0.2, 0) is 10.0 Å². The number of nitrogen functional groups attached to an aromatic ring is 1. The van der Waals surface area contributed by atoms with Crippen molar-refractivity contribution in [3.63, 3.8) is 0 Å². The lowest BCUT2D eigenvalue weighted by Crippen LogP contribution is -2.43. The smallest absolute Gasteiger partial charge is 0.244 e. The van der Waals surface area contributed by atoms with Crippen LogP contribution < -0.4 is 10.5 Å². The molecule has 0 aliphatic heterocycles. The second-order valence-electron chi connectivity index (χ2n) is 4.63. The highest BCUT2D eigenvalue weighted by Crippen LogP contribution is 2.19. The maximum atomic E-state index is 12.1. The number of pyridine rings is 1. The van der Waals surface area contributed by atoms with E-state index in [2.05, 4.69) is 9.71 Å². The lowest BCUT2D eigenvalue weighted by molar-refractivity contribution is 0.418. The third kappa shape index (κ3) is 3.67. The molecule has 0 aliphatic carbocycles. The van der Waals surface area contributed by atoms with Gasteiger partial charge >= 0.3 is 0 Å². The summed E-state index contributed by atoms with van der Waals surface area (Å²) >= 11 is 0. The number of nitrogens with zero attached hydrogens (tertiary/aromatic N) is 1. The molecule has 17 heavy (non-hydrogen) atoms. The van der Waals surface area contributed by atoms with Crippen LogP contribution in [0.25, 0.3) is 0 Å². The molecular formula is C11H19N3O2S. The van der Waals surface area contributed by atoms with Gasteiger partial charge in [0, 0.05) is 11.7 Å². The Labute approximate surface area is 102 Å². The molecule has 3 N–H and O–H groups in total. The van der Waals surface area contributed by atoms with Crippen LogP contribution in [0.5, 0.6) is 0 Å². The van der Waals surface area contributed by atoms with Crippen LogP contribution in [0.2, 0.25) is 0 Å². The van der Waals surface area contributed by atoms with E-state index >= 15 is 0 Å². The lowest BCUT2D eigenvalue weighted by Gasteiger charge is -2.25. The highest BCUT2D eigenvalue weighted by atomic mass is 32.2. The number of rotatable bonds is 5. The third-order valence-electron chi connectivity index (χ3n) is 2.37. The summed E-state index contributed by atoms with van der Waals surface area (Å²) in [5.41, 5.74) is 5.08. The Morgan fingerprint density at radius 2 is 2.12 bits per heavy atom. The highest BCUT2D eigenvalue weighted by Gasteiger charge is 2.26. The van der Waals surface area contributed by atoms with Gasteiger partial charge in [-0.15, -0.1) is 0 Å². The first-order valence-corrected chi connectivity index (χ1v) is 7.01. The largest absolute Gasteiger partial charge is 0.383 e. The maximum Gasteiger partial charge on any atom is 0.244 e. The quantitative estimate of drug-likeness (QED) is 0.837. The number of nitrogens with one attached hydrogen (secondary N) is 1. The molecule has 0 fully saturated rings. The van der Waals surface area contributed by atoms with Crippen molar-refractivity contribution in [1.82, 2.24) is 9.71 Å². The van der Waals surface area contributed by atoms with E-state index in [4.69, 9.17) is 5.73 Å². The van der Waals surface area contributed by atoms with Crippen molar-refractivity contribution in [2.45, 2.75) is 44.0 Å². The molecule has 0 unspecified atom stereocenters. The zero-order valence-corrected chi connectivity index (χ0v) is 11.2. The van der Waals surface area contributed by atoms with Crippen LogP contribution in [0.4, 0.5) is 5.82 Å². The molecule has 1 aromatic heterocycles. The Morgan fingerprint density at radius 3 is 2.65 bits per heavy atom. The van der Waals surface area contributed by atoms with Crippen LogP contribution in [0.15, 0.2) is 23.2 Å². The van der Waals surface area contributed by atoms with Gasteiger partial charge in [0.05, 0.1) is 0 Å². The van der Waals surface area contributed by atoms with Crippen molar-refractivity contribution in [3.8, 4) is 0 Å². The number of anilines is 1. The first-order chi connectivity index (χ1) is 7.78. The number of nitrogens with two attached hydrogens (primary N) is 1. The van der Waals surface area contributed by atoms with E-state index in [1.165, 1.54) is 12.3 Å². The molecule has 0 atom stereocenters. The molecule has 1 rings (SSSR count). The van der Waals surface area contributed by atoms with Crippen LogP contribution in [-0.4, -0.2) is 18.9 Å². The van der Waals surface area contributed by atoms with Gasteiger partial charge in [0.15, 0.2) is 0 Å². The Kier molecular flexibility index (Phi) is 4.11. The molecular weight excluding hydrogens is 238 g/mol. The number of hydrogen-bond acceptors (Lipinski definition) is 4. The van der Waals surface area contributed by atoms with Gasteiger partial charge in [-0.2, -0.15) is 0 Å². The van der Waals surface area contributed by atoms with Crippen LogP contribution in [0, 0.1) is 0 Å². The molecule has 1 aromatic rings. The first-order valence-electron chi connectivity index (χ1n) is 5.53. The standard InChI is InChI=1S/C11H19N3O2S/c1-4-7-11(2,3)14-17(15,16)9-6-5-8-13-10(9)12/h5-6,8,14H,4,7H2,1-3H3,(H2,12,13). The normalized spacial score (nSPS) is 12.6. The van der Waals surface area contributed by atoms with Gasteiger partial charge in [-0.05, 0) is 32.4 Å².